The molecule has 0 radical (unpaired) electrons. The number of hydrogen-bond acceptors (Lipinski definition) is 2. The van der Waals surface area contributed by atoms with Crippen LogP contribution in [0.1, 0.15) is 42.1 Å². The highest BCUT2D eigenvalue weighted by atomic mass is 35.5. The summed E-state index contributed by atoms with van der Waals surface area (Å²) in [5.74, 6) is 0. The minimum absolute atomic E-state index is 0.0577. The molecule has 0 amide bonds. The van der Waals surface area contributed by atoms with Crippen LogP contribution in [0.3, 0.4) is 0 Å². The van der Waals surface area contributed by atoms with Gasteiger partial charge in [0.1, 0.15) is 0 Å². The summed E-state index contributed by atoms with van der Waals surface area (Å²) in [6, 6.07) is 12.3. The summed E-state index contributed by atoms with van der Waals surface area (Å²) in [5.41, 5.74) is 7.72. The molecule has 1 atom stereocenters. The Morgan fingerprint density at radius 3 is 2.26 bits per heavy atom. The van der Waals surface area contributed by atoms with E-state index in [9.17, 15) is 0 Å². The first-order valence-electron chi connectivity index (χ1n) is 6.46. The van der Waals surface area contributed by atoms with Crippen LogP contribution in [0.2, 0.25) is 5.02 Å². The van der Waals surface area contributed by atoms with Gasteiger partial charge in [-0.15, -0.1) is 11.3 Å². The van der Waals surface area contributed by atoms with Gasteiger partial charge in [0.2, 0.25) is 0 Å². The van der Waals surface area contributed by atoms with E-state index in [2.05, 4.69) is 32.9 Å². The van der Waals surface area contributed by atoms with Gasteiger partial charge in [-0.05, 0) is 41.7 Å². The molecule has 1 heterocycles. The molecule has 19 heavy (non-hydrogen) atoms. The van der Waals surface area contributed by atoms with Crippen LogP contribution in [0.25, 0.3) is 0 Å². The maximum absolute atomic E-state index is 6.30. The van der Waals surface area contributed by atoms with Crippen molar-refractivity contribution in [3.8, 4) is 0 Å². The first kappa shape index (κ1) is 14.6. The molecule has 2 aromatic rings. The molecule has 0 fully saturated rings. The van der Waals surface area contributed by atoms with E-state index in [-0.39, 0.29) is 11.5 Å². The summed E-state index contributed by atoms with van der Waals surface area (Å²) in [6.45, 7) is 6.69. The van der Waals surface area contributed by atoms with Crippen LogP contribution >= 0.6 is 22.9 Å². The highest BCUT2D eigenvalue weighted by Gasteiger charge is 2.18. The van der Waals surface area contributed by atoms with Gasteiger partial charge in [-0.1, -0.05) is 44.5 Å². The molecule has 1 nitrogen and oxygen atoms in total. The first-order valence-corrected chi connectivity index (χ1v) is 7.66. The molecule has 0 aliphatic carbocycles. The summed E-state index contributed by atoms with van der Waals surface area (Å²) in [6.07, 6.45) is 0.848. The number of hydrogen-bond donors (Lipinski definition) is 1. The molecule has 0 saturated carbocycles. The number of thiophene rings is 1. The highest BCUT2D eigenvalue weighted by molar-refractivity contribution is 7.12. The zero-order valence-electron chi connectivity index (χ0n) is 11.6. The average molecular weight is 294 g/mol. The molecule has 1 aromatic carbocycles. The zero-order chi connectivity index (χ0) is 14.0. The van der Waals surface area contributed by atoms with Gasteiger partial charge in [-0.3, -0.25) is 0 Å². The Morgan fingerprint density at radius 1 is 1.11 bits per heavy atom. The normalized spacial score (nSPS) is 13.5. The molecule has 2 rings (SSSR count). The average Bonchev–Trinajstić information content (AvgIpc) is 2.81. The summed E-state index contributed by atoms with van der Waals surface area (Å²) in [4.78, 5) is 2.63. The second kappa shape index (κ2) is 5.66. The zero-order valence-corrected chi connectivity index (χ0v) is 13.2. The van der Waals surface area contributed by atoms with Crippen LogP contribution in [0.4, 0.5) is 0 Å². The van der Waals surface area contributed by atoms with Crippen molar-refractivity contribution in [3.05, 3.63) is 56.7 Å². The Balaban J connectivity index is 2.09. The standard InChI is InChI=1S/C16H20ClNS/c1-16(2,3)15-9-8-14(19-15)13(18)10-11-4-6-12(17)7-5-11/h4-9,13H,10,18H2,1-3H3. The molecular weight excluding hydrogens is 274 g/mol. The second-order valence-corrected chi connectivity index (χ2v) is 7.44. The molecular formula is C16H20ClNS. The molecule has 3 heteroatoms. The monoisotopic (exact) mass is 293 g/mol. The van der Waals surface area contributed by atoms with Gasteiger partial charge in [0.05, 0.1) is 0 Å². The summed E-state index contributed by atoms with van der Waals surface area (Å²) in [5, 5.41) is 0.767. The van der Waals surface area contributed by atoms with Crippen molar-refractivity contribution in [3.63, 3.8) is 0 Å². The van der Waals surface area contributed by atoms with E-state index in [4.69, 9.17) is 17.3 Å². The van der Waals surface area contributed by atoms with E-state index >= 15 is 0 Å². The smallest absolute Gasteiger partial charge is 0.0430 e. The Labute approximate surface area is 124 Å². The number of benzene rings is 1. The van der Waals surface area contributed by atoms with Crippen molar-refractivity contribution in [2.75, 3.05) is 0 Å². The fourth-order valence-electron chi connectivity index (χ4n) is 1.93. The van der Waals surface area contributed by atoms with E-state index in [0.717, 1.165) is 11.4 Å². The van der Waals surface area contributed by atoms with Crippen LogP contribution in [-0.2, 0) is 11.8 Å². The van der Waals surface area contributed by atoms with Gasteiger partial charge in [0.25, 0.3) is 0 Å². The van der Waals surface area contributed by atoms with Gasteiger partial charge < -0.3 is 5.73 Å². The molecule has 2 N–H and O–H groups in total. The van der Waals surface area contributed by atoms with Crippen molar-refractivity contribution in [2.24, 2.45) is 5.73 Å². The fraction of sp³-hybridized carbons (Fsp3) is 0.375. The third-order valence-corrected chi connectivity index (χ3v) is 5.00. The third kappa shape index (κ3) is 3.82. The maximum Gasteiger partial charge on any atom is 0.0430 e. The van der Waals surface area contributed by atoms with Crippen molar-refractivity contribution in [2.45, 2.75) is 38.6 Å². The molecule has 0 saturated heterocycles. The van der Waals surface area contributed by atoms with Crippen LogP contribution in [-0.4, -0.2) is 0 Å². The topological polar surface area (TPSA) is 26.0 Å². The first-order chi connectivity index (χ1) is 8.86. The van der Waals surface area contributed by atoms with Gasteiger partial charge in [0, 0.05) is 20.8 Å². The lowest BCUT2D eigenvalue weighted by Gasteiger charge is -2.16. The molecule has 102 valence electrons. The maximum atomic E-state index is 6.30. The Bertz CT molecular complexity index is 537. The lowest BCUT2D eigenvalue weighted by Crippen LogP contribution is -2.12. The van der Waals surface area contributed by atoms with Crippen LogP contribution in [0, 0.1) is 0 Å². The number of nitrogens with two attached hydrogens (primary N) is 1. The molecule has 0 bridgehead atoms. The Morgan fingerprint density at radius 2 is 1.74 bits per heavy atom. The van der Waals surface area contributed by atoms with Gasteiger partial charge in [0.15, 0.2) is 0 Å². The Hall–Kier alpha value is -0.830. The lowest BCUT2D eigenvalue weighted by atomic mass is 9.95. The van der Waals surface area contributed by atoms with Crippen LogP contribution < -0.4 is 5.73 Å². The molecule has 0 spiro atoms. The summed E-state index contributed by atoms with van der Waals surface area (Å²) in [7, 11) is 0. The largest absolute Gasteiger partial charge is 0.323 e. The van der Waals surface area contributed by atoms with Crippen molar-refractivity contribution < 1.29 is 0 Å². The Kier molecular flexibility index (Phi) is 4.34. The molecule has 1 unspecified atom stereocenters. The van der Waals surface area contributed by atoms with E-state index in [0.29, 0.717) is 0 Å². The number of halogens is 1. The van der Waals surface area contributed by atoms with Crippen molar-refractivity contribution >= 4 is 22.9 Å². The quantitative estimate of drug-likeness (QED) is 0.852. The van der Waals surface area contributed by atoms with Crippen molar-refractivity contribution in [1.82, 2.24) is 0 Å². The highest BCUT2D eigenvalue weighted by Crippen LogP contribution is 2.32. The lowest BCUT2D eigenvalue weighted by molar-refractivity contribution is 0.604. The van der Waals surface area contributed by atoms with Gasteiger partial charge in [-0.2, -0.15) is 0 Å². The predicted octanol–water partition coefficient (Wildman–Crippen LogP) is 4.94. The fourth-order valence-corrected chi connectivity index (χ4v) is 3.12. The van der Waals surface area contributed by atoms with E-state index in [1.807, 2.05) is 35.6 Å². The predicted molar refractivity (Wildman–Crippen MR) is 85.1 cm³/mol. The van der Waals surface area contributed by atoms with E-state index in [1.54, 1.807) is 0 Å². The SMILES string of the molecule is CC(C)(C)c1ccc(C(N)Cc2ccc(Cl)cc2)s1. The third-order valence-electron chi connectivity index (χ3n) is 3.10. The molecule has 1 aromatic heterocycles. The summed E-state index contributed by atoms with van der Waals surface area (Å²) < 4.78 is 0. The minimum atomic E-state index is 0.0577. The van der Waals surface area contributed by atoms with E-state index < -0.39 is 0 Å². The molecule has 0 aliphatic heterocycles. The second-order valence-electron chi connectivity index (χ2n) is 5.89. The van der Waals surface area contributed by atoms with Gasteiger partial charge in [-0.25, -0.2) is 0 Å². The summed E-state index contributed by atoms with van der Waals surface area (Å²) >= 11 is 7.71. The van der Waals surface area contributed by atoms with Gasteiger partial charge >= 0.3 is 0 Å². The van der Waals surface area contributed by atoms with Crippen LogP contribution in [0.15, 0.2) is 36.4 Å². The number of rotatable bonds is 3. The minimum Gasteiger partial charge on any atom is -0.323 e. The van der Waals surface area contributed by atoms with Crippen molar-refractivity contribution in [1.29, 1.82) is 0 Å². The van der Waals surface area contributed by atoms with E-state index in [1.165, 1.54) is 15.3 Å². The molecule has 0 aliphatic rings. The van der Waals surface area contributed by atoms with Crippen LogP contribution in [0.5, 0.6) is 0 Å².